The lowest BCUT2D eigenvalue weighted by molar-refractivity contribution is 0.573. The Hall–Kier alpha value is -2.15. The molecule has 0 aliphatic carbocycles. The number of aliphatic imine (C=N–C) groups is 1. The fourth-order valence-corrected chi connectivity index (χ4v) is 3.92. The average Bonchev–Trinajstić information content (AvgIpc) is 3.00. The van der Waals surface area contributed by atoms with Gasteiger partial charge in [-0.15, -0.1) is 11.3 Å². The number of pyridine rings is 1. The van der Waals surface area contributed by atoms with E-state index in [9.17, 15) is 0 Å². The van der Waals surface area contributed by atoms with Crippen molar-refractivity contribution in [3.8, 4) is 0 Å². The van der Waals surface area contributed by atoms with Gasteiger partial charge < -0.3 is 15.5 Å². The zero-order valence-corrected chi connectivity index (χ0v) is 16.7. The van der Waals surface area contributed by atoms with Gasteiger partial charge >= 0.3 is 0 Å². The summed E-state index contributed by atoms with van der Waals surface area (Å²) in [5.74, 6) is 1.87. The summed E-state index contributed by atoms with van der Waals surface area (Å²) in [7, 11) is 1.79. The second-order valence-corrected chi connectivity index (χ2v) is 7.89. The van der Waals surface area contributed by atoms with Crippen LogP contribution in [0.25, 0.3) is 0 Å². The quantitative estimate of drug-likeness (QED) is 0.624. The number of hydrogen-bond acceptors (Lipinski definition) is 5. The normalized spacial score (nSPS) is 15.2. The Morgan fingerprint density at radius 3 is 2.65 bits per heavy atom. The molecule has 7 heteroatoms. The number of nitrogens with zero attached hydrogens (tertiary/aromatic N) is 4. The summed E-state index contributed by atoms with van der Waals surface area (Å²) in [6.45, 7) is 7.78. The van der Waals surface area contributed by atoms with Crippen molar-refractivity contribution in [2.24, 2.45) is 4.99 Å². The lowest BCUT2D eigenvalue weighted by atomic mass is 10.1. The van der Waals surface area contributed by atoms with Crippen molar-refractivity contribution in [2.75, 3.05) is 25.0 Å². The number of hydrogen-bond donors (Lipinski definition) is 2. The Balaban J connectivity index is 1.53. The number of rotatable bonds is 5. The first-order valence-corrected chi connectivity index (χ1v) is 10.0. The van der Waals surface area contributed by atoms with E-state index in [4.69, 9.17) is 0 Å². The van der Waals surface area contributed by atoms with E-state index in [2.05, 4.69) is 49.6 Å². The van der Waals surface area contributed by atoms with Crippen LogP contribution in [0.4, 0.5) is 5.82 Å². The molecular weight excluding hydrogens is 344 g/mol. The van der Waals surface area contributed by atoms with Crippen molar-refractivity contribution in [1.82, 2.24) is 20.6 Å². The van der Waals surface area contributed by atoms with E-state index >= 15 is 0 Å². The van der Waals surface area contributed by atoms with E-state index in [1.165, 1.54) is 29.7 Å². The second-order valence-electron chi connectivity index (χ2n) is 6.60. The van der Waals surface area contributed by atoms with Gasteiger partial charge in [0.2, 0.25) is 0 Å². The Kier molecular flexibility index (Phi) is 6.44. The first-order valence-electron chi connectivity index (χ1n) is 9.23. The van der Waals surface area contributed by atoms with Crippen LogP contribution in [0, 0.1) is 13.8 Å². The maximum absolute atomic E-state index is 4.56. The van der Waals surface area contributed by atoms with Crippen LogP contribution in [0.2, 0.25) is 0 Å². The first kappa shape index (κ1) is 18.6. The molecule has 0 atom stereocenters. The SMILES string of the molecule is CN=C(NCc1ccnc(N2CCCCC2)c1)NCc1nc(C)c(C)s1. The van der Waals surface area contributed by atoms with Crippen molar-refractivity contribution in [3.63, 3.8) is 0 Å². The Bertz CT molecular complexity index is 729. The van der Waals surface area contributed by atoms with Gasteiger partial charge in [-0.3, -0.25) is 4.99 Å². The predicted molar refractivity (Wildman–Crippen MR) is 109 cm³/mol. The highest BCUT2D eigenvalue weighted by atomic mass is 32.1. The second kappa shape index (κ2) is 8.98. The van der Waals surface area contributed by atoms with Crippen molar-refractivity contribution in [2.45, 2.75) is 46.2 Å². The molecule has 0 amide bonds. The van der Waals surface area contributed by atoms with Crippen LogP contribution < -0.4 is 15.5 Å². The summed E-state index contributed by atoms with van der Waals surface area (Å²) >= 11 is 1.73. The van der Waals surface area contributed by atoms with Crippen molar-refractivity contribution >= 4 is 23.1 Å². The highest BCUT2D eigenvalue weighted by Crippen LogP contribution is 2.18. The van der Waals surface area contributed by atoms with Crippen LogP contribution in [0.15, 0.2) is 23.3 Å². The van der Waals surface area contributed by atoms with Crippen LogP contribution in [-0.2, 0) is 13.1 Å². The first-order chi connectivity index (χ1) is 12.7. The summed E-state index contributed by atoms with van der Waals surface area (Å²) in [6, 6.07) is 4.24. The number of guanidine groups is 1. The molecule has 1 aliphatic heterocycles. The topological polar surface area (TPSA) is 65.4 Å². The van der Waals surface area contributed by atoms with Gasteiger partial charge in [-0.1, -0.05) is 0 Å². The zero-order chi connectivity index (χ0) is 18.4. The van der Waals surface area contributed by atoms with Crippen molar-refractivity contribution < 1.29 is 0 Å². The van der Waals surface area contributed by atoms with Crippen molar-refractivity contribution in [1.29, 1.82) is 0 Å². The van der Waals surface area contributed by atoms with Gasteiger partial charge in [-0.2, -0.15) is 0 Å². The Morgan fingerprint density at radius 2 is 1.96 bits per heavy atom. The molecule has 0 saturated carbocycles. The van der Waals surface area contributed by atoms with Gasteiger partial charge in [0.05, 0.1) is 12.2 Å². The minimum atomic E-state index is 0.689. The smallest absolute Gasteiger partial charge is 0.191 e. The van der Waals surface area contributed by atoms with E-state index < -0.39 is 0 Å². The van der Waals surface area contributed by atoms with Gasteiger partial charge in [-0.25, -0.2) is 9.97 Å². The summed E-state index contributed by atoms with van der Waals surface area (Å²) < 4.78 is 0. The molecule has 3 rings (SSSR count). The number of anilines is 1. The van der Waals surface area contributed by atoms with Crippen LogP contribution in [-0.4, -0.2) is 36.1 Å². The molecule has 1 fully saturated rings. The van der Waals surface area contributed by atoms with Gasteiger partial charge in [-0.05, 0) is 50.8 Å². The molecule has 0 aromatic carbocycles. The maximum Gasteiger partial charge on any atom is 0.191 e. The molecule has 6 nitrogen and oxygen atoms in total. The van der Waals surface area contributed by atoms with E-state index in [1.54, 1.807) is 18.4 Å². The fraction of sp³-hybridized carbons (Fsp3) is 0.526. The highest BCUT2D eigenvalue weighted by molar-refractivity contribution is 7.11. The fourth-order valence-electron chi connectivity index (χ4n) is 3.05. The molecule has 0 radical (unpaired) electrons. The van der Waals surface area contributed by atoms with Gasteiger partial charge in [0.15, 0.2) is 5.96 Å². The number of piperidine rings is 1. The third kappa shape index (κ3) is 4.94. The third-order valence-electron chi connectivity index (χ3n) is 4.65. The monoisotopic (exact) mass is 372 g/mol. The Labute approximate surface area is 159 Å². The molecule has 3 heterocycles. The van der Waals surface area contributed by atoms with Gasteiger partial charge in [0.25, 0.3) is 0 Å². The van der Waals surface area contributed by atoms with Crippen LogP contribution in [0.1, 0.15) is 40.4 Å². The van der Waals surface area contributed by atoms with E-state index in [0.717, 1.165) is 42.1 Å². The molecule has 140 valence electrons. The lowest BCUT2D eigenvalue weighted by Gasteiger charge is -2.28. The molecule has 1 aliphatic rings. The standard InChI is InChI=1S/C19H28N6S/c1-14-15(2)26-18(24-14)13-23-19(20-3)22-12-16-7-8-21-17(11-16)25-9-5-4-6-10-25/h7-8,11H,4-6,9-10,12-13H2,1-3H3,(H2,20,22,23). The molecule has 0 bridgehead atoms. The molecule has 1 saturated heterocycles. The summed E-state index contributed by atoms with van der Waals surface area (Å²) in [6.07, 6.45) is 5.75. The van der Waals surface area contributed by atoms with Crippen molar-refractivity contribution in [3.05, 3.63) is 39.5 Å². The molecule has 2 aromatic heterocycles. The summed E-state index contributed by atoms with van der Waals surface area (Å²) in [5, 5.41) is 7.79. The third-order valence-corrected chi connectivity index (χ3v) is 5.73. The lowest BCUT2D eigenvalue weighted by Crippen LogP contribution is -2.36. The molecule has 0 spiro atoms. The molecule has 0 unspecified atom stereocenters. The van der Waals surface area contributed by atoms with Crippen LogP contribution in [0.5, 0.6) is 0 Å². The average molecular weight is 373 g/mol. The van der Waals surface area contributed by atoms with E-state index in [1.807, 2.05) is 13.1 Å². The van der Waals surface area contributed by atoms with E-state index in [-0.39, 0.29) is 0 Å². The minimum absolute atomic E-state index is 0.689. The molecule has 2 N–H and O–H groups in total. The van der Waals surface area contributed by atoms with Gasteiger partial charge in [0, 0.05) is 37.8 Å². The molecular formula is C19H28N6S. The molecule has 2 aromatic rings. The zero-order valence-electron chi connectivity index (χ0n) is 15.9. The molecule has 26 heavy (non-hydrogen) atoms. The Morgan fingerprint density at radius 1 is 1.19 bits per heavy atom. The van der Waals surface area contributed by atoms with Gasteiger partial charge in [0.1, 0.15) is 10.8 Å². The number of thiazole rings is 1. The number of nitrogens with one attached hydrogen (secondary N) is 2. The minimum Gasteiger partial charge on any atom is -0.357 e. The predicted octanol–water partition coefficient (Wildman–Crippen LogP) is 3.01. The van der Waals surface area contributed by atoms with E-state index in [0.29, 0.717) is 6.54 Å². The van der Waals surface area contributed by atoms with Crippen LogP contribution >= 0.6 is 11.3 Å². The number of aromatic nitrogens is 2. The number of aryl methyl sites for hydroxylation is 2. The largest absolute Gasteiger partial charge is 0.357 e. The maximum atomic E-state index is 4.56. The summed E-state index contributed by atoms with van der Waals surface area (Å²) in [4.78, 5) is 17.1. The highest BCUT2D eigenvalue weighted by Gasteiger charge is 2.12. The van der Waals surface area contributed by atoms with Crippen LogP contribution in [0.3, 0.4) is 0 Å². The summed E-state index contributed by atoms with van der Waals surface area (Å²) in [5.41, 5.74) is 2.32.